The molecular weight excluding hydrogens is 176 g/mol. The summed E-state index contributed by atoms with van der Waals surface area (Å²) in [5.74, 6) is 0. The molecule has 0 amide bonds. The highest BCUT2D eigenvalue weighted by molar-refractivity contribution is 4.84. The zero-order chi connectivity index (χ0) is 9.80. The molecule has 82 valence electrons. The lowest BCUT2D eigenvalue weighted by atomic mass is 10.0. The van der Waals surface area contributed by atoms with E-state index in [1.54, 1.807) is 0 Å². The van der Waals surface area contributed by atoms with Crippen molar-refractivity contribution < 1.29 is 5.11 Å². The van der Waals surface area contributed by atoms with Gasteiger partial charge in [-0.1, -0.05) is 19.3 Å². The van der Waals surface area contributed by atoms with Gasteiger partial charge in [-0.05, 0) is 12.8 Å². The predicted molar refractivity (Wildman–Crippen MR) is 57.3 cm³/mol. The molecule has 14 heavy (non-hydrogen) atoms. The van der Waals surface area contributed by atoms with Crippen LogP contribution in [0.3, 0.4) is 0 Å². The van der Waals surface area contributed by atoms with Crippen LogP contribution in [0.2, 0.25) is 0 Å². The first-order valence-electron chi connectivity index (χ1n) is 6.01. The van der Waals surface area contributed by atoms with E-state index in [4.69, 9.17) is 0 Å². The van der Waals surface area contributed by atoms with Crippen molar-refractivity contribution in [2.75, 3.05) is 26.2 Å². The first kappa shape index (κ1) is 10.4. The van der Waals surface area contributed by atoms with Crippen molar-refractivity contribution in [3.05, 3.63) is 0 Å². The largest absolute Gasteiger partial charge is 0.391 e. The van der Waals surface area contributed by atoms with Gasteiger partial charge in [-0.2, -0.15) is 0 Å². The molecule has 2 atom stereocenters. The fourth-order valence-electron chi connectivity index (χ4n) is 2.71. The lowest BCUT2D eigenvalue weighted by molar-refractivity contribution is 0.0377. The Hall–Kier alpha value is -0.120. The van der Waals surface area contributed by atoms with E-state index in [1.807, 2.05) is 0 Å². The predicted octanol–water partition coefficient (Wildman–Crippen LogP) is 0.585. The van der Waals surface area contributed by atoms with Gasteiger partial charge in [0.1, 0.15) is 0 Å². The summed E-state index contributed by atoms with van der Waals surface area (Å²) >= 11 is 0. The number of nitrogens with one attached hydrogen (secondary N) is 1. The van der Waals surface area contributed by atoms with Crippen LogP contribution in [0.5, 0.6) is 0 Å². The monoisotopic (exact) mass is 198 g/mol. The Balaban J connectivity index is 1.91. The van der Waals surface area contributed by atoms with Gasteiger partial charge in [0.05, 0.1) is 6.10 Å². The van der Waals surface area contributed by atoms with Crippen LogP contribution in [0.15, 0.2) is 0 Å². The van der Waals surface area contributed by atoms with E-state index in [0.29, 0.717) is 6.04 Å². The van der Waals surface area contributed by atoms with Crippen LogP contribution in [-0.2, 0) is 0 Å². The average molecular weight is 198 g/mol. The van der Waals surface area contributed by atoms with Gasteiger partial charge in [0, 0.05) is 32.2 Å². The molecule has 0 bridgehead atoms. The summed E-state index contributed by atoms with van der Waals surface area (Å²) < 4.78 is 0. The summed E-state index contributed by atoms with van der Waals surface area (Å²) in [5, 5.41) is 13.4. The molecule has 2 unspecified atom stereocenters. The van der Waals surface area contributed by atoms with Crippen LogP contribution >= 0.6 is 0 Å². The molecule has 2 rings (SSSR count). The summed E-state index contributed by atoms with van der Waals surface area (Å²) in [5.41, 5.74) is 0. The molecule has 1 saturated carbocycles. The number of piperazine rings is 1. The van der Waals surface area contributed by atoms with Crippen molar-refractivity contribution >= 4 is 0 Å². The molecule has 2 N–H and O–H groups in total. The Bertz CT molecular complexity index is 169. The first-order chi connectivity index (χ1) is 6.88. The Labute approximate surface area is 86.5 Å². The normalized spacial score (nSPS) is 36.6. The minimum atomic E-state index is -0.0735. The molecule has 0 aromatic heterocycles. The van der Waals surface area contributed by atoms with Crippen LogP contribution < -0.4 is 5.32 Å². The van der Waals surface area contributed by atoms with E-state index < -0.39 is 0 Å². The molecule has 3 nitrogen and oxygen atoms in total. The molecule has 2 aliphatic rings. The van der Waals surface area contributed by atoms with Crippen LogP contribution in [-0.4, -0.2) is 48.3 Å². The van der Waals surface area contributed by atoms with E-state index in [2.05, 4.69) is 10.2 Å². The second-order valence-corrected chi connectivity index (χ2v) is 4.56. The third-order valence-electron chi connectivity index (χ3n) is 3.56. The maximum Gasteiger partial charge on any atom is 0.0695 e. The Kier molecular flexibility index (Phi) is 3.79. The fourth-order valence-corrected chi connectivity index (χ4v) is 2.71. The minimum absolute atomic E-state index is 0.0735. The Morgan fingerprint density at radius 1 is 1.00 bits per heavy atom. The zero-order valence-corrected chi connectivity index (χ0v) is 8.91. The van der Waals surface area contributed by atoms with Gasteiger partial charge < -0.3 is 10.4 Å². The molecule has 1 aliphatic heterocycles. The number of nitrogens with zero attached hydrogens (tertiary/aromatic N) is 1. The van der Waals surface area contributed by atoms with Crippen molar-refractivity contribution in [2.45, 2.75) is 44.2 Å². The van der Waals surface area contributed by atoms with Gasteiger partial charge in [-0.25, -0.2) is 0 Å². The molecule has 0 spiro atoms. The highest BCUT2D eigenvalue weighted by atomic mass is 16.3. The van der Waals surface area contributed by atoms with Gasteiger partial charge in [0.25, 0.3) is 0 Å². The molecule has 1 aliphatic carbocycles. The van der Waals surface area contributed by atoms with E-state index in [9.17, 15) is 5.11 Å². The average Bonchev–Trinajstić information content (AvgIpc) is 2.44. The van der Waals surface area contributed by atoms with Crippen molar-refractivity contribution in [3.63, 3.8) is 0 Å². The van der Waals surface area contributed by atoms with E-state index in [0.717, 1.165) is 32.6 Å². The molecule has 0 aromatic carbocycles. The van der Waals surface area contributed by atoms with Crippen molar-refractivity contribution in [2.24, 2.45) is 0 Å². The van der Waals surface area contributed by atoms with Gasteiger partial charge in [0.15, 0.2) is 0 Å². The highest BCUT2D eigenvalue weighted by Gasteiger charge is 2.27. The topological polar surface area (TPSA) is 35.5 Å². The minimum Gasteiger partial charge on any atom is -0.391 e. The summed E-state index contributed by atoms with van der Waals surface area (Å²) in [6.45, 7) is 4.40. The van der Waals surface area contributed by atoms with Crippen molar-refractivity contribution in [1.82, 2.24) is 10.2 Å². The van der Waals surface area contributed by atoms with Crippen LogP contribution in [0.25, 0.3) is 0 Å². The summed E-state index contributed by atoms with van der Waals surface area (Å²) in [6, 6.07) is 0.444. The van der Waals surface area contributed by atoms with Gasteiger partial charge in [-0.3, -0.25) is 4.90 Å². The van der Waals surface area contributed by atoms with E-state index in [1.165, 1.54) is 25.7 Å². The maximum atomic E-state index is 10.0. The quantitative estimate of drug-likeness (QED) is 0.605. The number of aliphatic hydroxyl groups excluding tert-OH is 1. The molecule has 3 heteroatoms. The molecular formula is C11H22N2O. The molecule has 0 aromatic rings. The Morgan fingerprint density at radius 2 is 1.71 bits per heavy atom. The van der Waals surface area contributed by atoms with Crippen LogP contribution in [0, 0.1) is 0 Å². The number of rotatable bonds is 1. The zero-order valence-electron chi connectivity index (χ0n) is 8.91. The lowest BCUT2D eigenvalue weighted by Crippen LogP contribution is -2.52. The highest BCUT2D eigenvalue weighted by Crippen LogP contribution is 2.22. The fraction of sp³-hybridized carbons (Fsp3) is 1.00. The standard InChI is InChI=1S/C11H22N2O/c14-11-5-3-1-2-4-10(11)13-8-6-12-7-9-13/h10-12,14H,1-9H2. The number of aliphatic hydroxyl groups is 1. The van der Waals surface area contributed by atoms with Crippen molar-refractivity contribution in [1.29, 1.82) is 0 Å². The second kappa shape index (κ2) is 5.10. The third kappa shape index (κ3) is 2.47. The summed E-state index contributed by atoms with van der Waals surface area (Å²) in [4.78, 5) is 2.48. The smallest absolute Gasteiger partial charge is 0.0695 e. The molecule has 1 heterocycles. The SMILES string of the molecule is OC1CCCCCC1N1CCNCC1. The maximum absolute atomic E-state index is 10.0. The number of hydrogen-bond acceptors (Lipinski definition) is 3. The van der Waals surface area contributed by atoms with Crippen molar-refractivity contribution in [3.8, 4) is 0 Å². The summed E-state index contributed by atoms with van der Waals surface area (Å²) in [7, 11) is 0. The van der Waals surface area contributed by atoms with Crippen LogP contribution in [0.4, 0.5) is 0 Å². The van der Waals surface area contributed by atoms with Gasteiger partial charge in [-0.15, -0.1) is 0 Å². The van der Waals surface area contributed by atoms with Crippen LogP contribution in [0.1, 0.15) is 32.1 Å². The molecule has 0 radical (unpaired) electrons. The lowest BCUT2D eigenvalue weighted by Gasteiger charge is -2.36. The van der Waals surface area contributed by atoms with E-state index >= 15 is 0 Å². The Morgan fingerprint density at radius 3 is 2.50 bits per heavy atom. The third-order valence-corrected chi connectivity index (χ3v) is 3.56. The number of hydrogen-bond donors (Lipinski definition) is 2. The molecule has 2 fully saturated rings. The second-order valence-electron chi connectivity index (χ2n) is 4.56. The van der Waals surface area contributed by atoms with Gasteiger partial charge in [0.2, 0.25) is 0 Å². The molecule has 1 saturated heterocycles. The van der Waals surface area contributed by atoms with Gasteiger partial charge >= 0.3 is 0 Å². The first-order valence-corrected chi connectivity index (χ1v) is 6.01. The summed E-state index contributed by atoms with van der Waals surface area (Å²) in [6.07, 6.45) is 5.95. The van der Waals surface area contributed by atoms with E-state index in [-0.39, 0.29) is 6.10 Å².